The number of benzene rings is 1. The van der Waals surface area contributed by atoms with Gasteiger partial charge in [0.25, 0.3) is 0 Å². The Morgan fingerprint density at radius 3 is 2.69 bits per heavy atom. The summed E-state index contributed by atoms with van der Waals surface area (Å²) in [6.45, 7) is 3.77. The summed E-state index contributed by atoms with van der Waals surface area (Å²) < 4.78 is 18.7. The van der Waals surface area contributed by atoms with Crippen molar-refractivity contribution in [2.45, 2.75) is 25.7 Å². The molecule has 0 amide bonds. The van der Waals surface area contributed by atoms with Crippen molar-refractivity contribution in [2.75, 3.05) is 33.5 Å². The molecule has 8 nitrogen and oxygen atoms in total. The van der Waals surface area contributed by atoms with Crippen molar-refractivity contribution in [1.82, 2.24) is 14.7 Å². The molecule has 2 aromatic rings. The van der Waals surface area contributed by atoms with Crippen molar-refractivity contribution in [1.29, 1.82) is 0 Å². The number of nitrogens with zero attached hydrogens (tertiary/aromatic N) is 3. The fourth-order valence-electron chi connectivity index (χ4n) is 3.40. The van der Waals surface area contributed by atoms with Crippen LogP contribution >= 0.6 is 0 Å². The van der Waals surface area contributed by atoms with Crippen LogP contribution in [0.25, 0.3) is 0 Å². The number of aliphatic hydroxyl groups excluding tert-OH is 2. The Labute approximate surface area is 151 Å². The first-order chi connectivity index (χ1) is 12.7. The van der Waals surface area contributed by atoms with Crippen LogP contribution in [0.2, 0.25) is 0 Å². The summed E-state index contributed by atoms with van der Waals surface area (Å²) in [4.78, 5) is 2.29. The van der Waals surface area contributed by atoms with Crippen LogP contribution in [0.4, 0.5) is 0 Å². The van der Waals surface area contributed by atoms with Crippen LogP contribution in [-0.2, 0) is 19.6 Å². The van der Waals surface area contributed by atoms with E-state index in [1.54, 1.807) is 7.11 Å². The first-order valence-electron chi connectivity index (χ1n) is 8.72. The molecule has 0 spiro atoms. The molecule has 3 heterocycles. The highest BCUT2D eigenvalue weighted by Gasteiger charge is 2.23. The van der Waals surface area contributed by atoms with Gasteiger partial charge in [-0.25, -0.2) is 0 Å². The van der Waals surface area contributed by atoms with E-state index in [1.165, 1.54) is 0 Å². The van der Waals surface area contributed by atoms with Crippen molar-refractivity contribution in [2.24, 2.45) is 0 Å². The summed E-state index contributed by atoms with van der Waals surface area (Å²) in [6.07, 6.45) is -0.931. The lowest BCUT2D eigenvalue weighted by molar-refractivity contribution is 0.0915. The molecule has 2 aliphatic heterocycles. The van der Waals surface area contributed by atoms with E-state index in [9.17, 15) is 5.11 Å². The van der Waals surface area contributed by atoms with Gasteiger partial charge in [-0.2, -0.15) is 5.10 Å². The second kappa shape index (κ2) is 7.14. The van der Waals surface area contributed by atoms with Gasteiger partial charge in [-0.3, -0.25) is 9.58 Å². The molecule has 0 fully saturated rings. The predicted octanol–water partition coefficient (Wildman–Crippen LogP) is 0.704. The van der Waals surface area contributed by atoms with Gasteiger partial charge in [0.2, 0.25) is 0 Å². The van der Waals surface area contributed by atoms with E-state index < -0.39 is 6.10 Å². The summed E-state index contributed by atoms with van der Waals surface area (Å²) in [5.74, 6) is 2.25. The van der Waals surface area contributed by atoms with Crippen molar-refractivity contribution in [3.8, 4) is 17.2 Å². The lowest BCUT2D eigenvalue weighted by Crippen LogP contribution is -2.33. The molecule has 1 aromatic carbocycles. The van der Waals surface area contributed by atoms with Gasteiger partial charge in [0.05, 0.1) is 31.6 Å². The molecule has 8 heteroatoms. The van der Waals surface area contributed by atoms with Crippen LogP contribution in [0.3, 0.4) is 0 Å². The average molecular weight is 361 g/mol. The van der Waals surface area contributed by atoms with Crippen molar-refractivity contribution in [3.05, 3.63) is 35.2 Å². The maximum Gasteiger partial charge on any atom is 0.165 e. The van der Waals surface area contributed by atoms with Gasteiger partial charge in [0, 0.05) is 31.3 Å². The molecule has 0 unspecified atom stereocenters. The highest BCUT2D eigenvalue weighted by molar-refractivity contribution is 5.51. The first-order valence-corrected chi connectivity index (χ1v) is 8.72. The van der Waals surface area contributed by atoms with Crippen LogP contribution in [-0.4, -0.2) is 58.4 Å². The van der Waals surface area contributed by atoms with Crippen LogP contribution in [0, 0.1) is 0 Å². The zero-order chi connectivity index (χ0) is 18.1. The minimum absolute atomic E-state index is 0.325. The number of hydrogen-bond donors (Lipinski definition) is 2. The van der Waals surface area contributed by atoms with Gasteiger partial charge in [0.15, 0.2) is 11.5 Å². The number of hydrogen-bond acceptors (Lipinski definition) is 7. The topological polar surface area (TPSA) is 89.2 Å². The average Bonchev–Trinajstić information content (AvgIpc) is 3.10. The normalized spacial score (nSPS) is 17.7. The second-order valence-electron chi connectivity index (χ2n) is 6.50. The van der Waals surface area contributed by atoms with Gasteiger partial charge < -0.3 is 24.4 Å². The van der Waals surface area contributed by atoms with E-state index in [2.05, 4.69) is 10.00 Å². The minimum atomic E-state index is -0.931. The standard InChI is InChI=1S/C18H23N3O5/c1-24-16-8-18-17(25-4-5-26-18)6-12(16)9-20-2-3-21-13(10-20)7-14(19-21)15(23)11-22/h6-8,15,22-23H,2-5,9-11H2,1H3/t15-/m1/s1. The fraction of sp³-hybridized carbons (Fsp3) is 0.500. The molecule has 4 rings (SSSR count). The molecule has 26 heavy (non-hydrogen) atoms. The van der Waals surface area contributed by atoms with Crippen molar-refractivity contribution >= 4 is 0 Å². The minimum Gasteiger partial charge on any atom is -0.496 e. The second-order valence-corrected chi connectivity index (χ2v) is 6.50. The summed E-state index contributed by atoms with van der Waals surface area (Å²) in [5.41, 5.74) is 2.58. The lowest BCUT2D eigenvalue weighted by Gasteiger charge is -2.28. The fourth-order valence-corrected chi connectivity index (χ4v) is 3.40. The molecule has 1 atom stereocenters. The Morgan fingerprint density at radius 1 is 1.19 bits per heavy atom. The molecule has 0 radical (unpaired) electrons. The van der Waals surface area contributed by atoms with Gasteiger partial charge in [-0.1, -0.05) is 0 Å². The van der Waals surface area contributed by atoms with E-state index >= 15 is 0 Å². The highest BCUT2D eigenvalue weighted by Crippen LogP contribution is 2.37. The quantitative estimate of drug-likeness (QED) is 0.810. The van der Waals surface area contributed by atoms with E-state index in [1.807, 2.05) is 22.9 Å². The summed E-state index contributed by atoms with van der Waals surface area (Å²) >= 11 is 0. The summed E-state index contributed by atoms with van der Waals surface area (Å²) in [6, 6.07) is 5.72. The number of ether oxygens (including phenoxy) is 3. The van der Waals surface area contributed by atoms with Crippen LogP contribution < -0.4 is 14.2 Å². The predicted molar refractivity (Wildman–Crippen MR) is 92.4 cm³/mol. The Hall–Kier alpha value is -2.29. The summed E-state index contributed by atoms with van der Waals surface area (Å²) in [7, 11) is 1.66. The van der Waals surface area contributed by atoms with Crippen LogP contribution in [0.5, 0.6) is 17.2 Å². The Balaban J connectivity index is 1.52. The molecule has 2 aliphatic rings. The van der Waals surface area contributed by atoms with Gasteiger partial charge >= 0.3 is 0 Å². The number of aliphatic hydroxyl groups is 2. The van der Waals surface area contributed by atoms with Crippen LogP contribution in [0.1, 0.15) is 23.1 Å². The monoisotopic (exact) mass is 361 g/mol. The van der Waals surface area contributed by atoms with Gasteiger partial charge in [0.1, 0.15) is 25.1 Å². The lowest BCUT2D eigenvalue weighted by atomic mass is 10.1. The molecule has 0 bridgehead atoms. The molecule has 0 aliphatic carbocycles. The Morgan fingerprint density at radius 2 is 1.96 bits per heavy atom. The maximum absolute atomic E-state index is 9.78. The van der Waals surface area contributed by atoms with Gasteiger partial charge in [-0.05, 0) is 12.1 Å². The molecule has 2 N–H and O–H groups in total. The first kappa shape index (κ1) is 17.1. The number of rotatable bonds is 5. The third kappa shape index (κ3) is 3.23. The zero-order valence-corrected chi connectivity index (χ0v) is 14.7. The molecular formula is C18H23N3O5. The zero-order valence-electron chi connectivity index (χ0n) is 14.7. The maximum atomic E-state index is 9.78. The molecule has 0 saturated carbocycles. The Kier molecular flexibility index (Phi) is 4.71. The van der Waals surface area contributed by atoms with Crippen molar-refractivity contribution < 1.29 is 24.4 Å². The number of methoxy groups -OCH3 is 1. The Bertz CT molecular complexity index is 791. The molecule has 140 valence electrons. The largest absolute Gasteiger partial charge is 0.496 e. The molecule has 1 aromatic heterocycles. The summed E-state index contributed by atoms with van der Waals surface area (Å²) in [5, 5.41) is 23.3. The molecule has 0 saturated heterocycles. The third-order valence-corrected chi connectivity index (χ3v) is 4.75. The smallest absolute Gasteiger partial charge is 0.165 e. The number of aromatic nitrogens is 2. The van der Waals surface area contributed by atoms with Crippen LogP contribution in [0.15, 0.2) is 18.2 Å². The highest BCUT2D eigenvalue weighted by atomic mass is 16.6. The molecular weight excluding hydrogens is 338 g/mol. The number of fused-ring (bicyclic) bond motifs is 2. The van der Waals surface area contributed by atoms with E-state index in [0.29, 0.717) is 32.0 Å². The SMILES string of the molecule is COc1cc2c(cc1CN1CCn3nc([C@H](O)CO)cc3C1)OCCO2. The van der Waals surface area contributed by atoms with E-state index in [0.717, 1.165) is 41.6 Å². The van der Waals surface area contributed by atoms with Crippen molar-refractivity contribution in [3.63, 3.8) is 0 Å². The van der Waals surface area contributed by atoms with E-state index in [-0.39, 0.29) is 6.61 Å². The van der Waals surface area contributed by atoms with Gasteiger partial charge in [-0.15, -0.1) is 0 Å². The third-order valence-electron chi connectivity index (χ3n) is 4.75. The van der Waals surface area contributed by atoms with E-state index in [4.69, 9.17) is 19.3 Å².